The number of allylic oxidation sites excluding steroid dienone is 4. The van der Waals surface area contributed by atoms with E-state index in [1.54, 1.807) is 26.2 Å². The summed E-state index contributed by atoms with van der Waals surface area (Å²) in [7, 11) is 1.59. The Labute approximate surface area is 364 Å². The van der Waals surface area contributed by atoms with Crippen molar-refractivity contribution in [3.05, 3.63) is 124 Å². The second kappa shape index (κ2) is 20.4. The van der Waals surface area contributed by atoms with Crippen molar-refractivity contribution >= 4 is 28.3 Å². The number of rotatable bonds is 13. The summed E-state index contributed by atoms with van der Waals surface area (Å²) in [5.74, 6) is 4.30. The summed E-state index contributed by atoms with van der Waals surface area (Å²) in [6.07, 6.45) is 15.1. The van der Waals surface area contributed by atoms with E-state index in [2.05, 4.69) is 48.6 Å². The first-order chi connectivity index (χ1) is 30.0. The van der Waals surface area contributed by atoms with Crippen molar-refractivity contribution < 1.29 is 44.5 Å². The number of benzene rings is 4. The van der Waals surface area contributed by atoms with E-state index in [9.17, 15) is 30.3 Å². The molecular weight excluding hydrogens is 783 g/mol. The lowest BCUT2D eigenvalue weighted by Crippen LogP contribution is -2.26. The van der Waals surface area contributed by atoms with Crippen molar-refractivity contribution in [1.82, 2.24) is 0 Å². The summed E-state index contributed by atoms with van der Waals surface area (Å²) in [6, 6.07) is 17.5. The smallest absolute Gasteiger partial charge is 0.161 e. The van der Waals surface area contributed by atoms with E-state index in [1.165, 1.54) is 0 Å². The molecule has 0 fully saturated rings. The maximum absolute atomic E-state index is 13.8. The molecule has 4 aliphatic rings. The second-order valence-electron chi connectivity index (χ2n) is 17.1. The highest BCUT2D eigenvalue weighted by atomic mass is 16.5. The maximum atomic E-state index is 13.8. The number of Topliss-reactive ketones (excluding diaryl/α,β-unsaturated/α-hetero) is 1. The molecule has 2 aliphatic heterocycles. The molecule has 10 nitrogen and oxygen atoms in total. The van der Waals surface area contributed by atoms with Crippen molar-refractivity contribution in [2.24, 2.45) is 17.8 Å². The van der Waals surface area contributed by atoms with Gasteiger partial charge in [0.15, 0.2) is 11.5 Å². The number of carbonyl (C=O) groups is 1. The summed E-state index contributed by atoms with van der Waals surface area (Å²) >= 11 is 0. The fraction of sp³-hybridized carbons (Fsp3) is 0.404. The lowest BCUT2D eigenvalue weighted by molar-refractivity contribution is -0.121. The minimum Gasteiger partial charge on any atom is -0.508 e. The molecule has 0 saturated carbocycles. The molecule has 6 atom stereocenters. The van der Waals surface area contributed by atoms with Crippen LogP contribution in [0.3, 0.4) is 0 Å². The SMILES string of the molecule is COc1ccc2cc1OCc1c(CO)cc3c(c(O)cc4c3c1C=CC4C)CC#COC(CC1C=C(O)C=CC1CC(CO)CCc1cccc(NCC(C)O)c1)CC(=O)CC2. The monoisotopic (exact) mass is 841 g/mol. The second-order valence-corrected chi connectivity index (χ2v) is 17.1. The highest BCUT2D eigenvalue weighted by Gasteiger charge is 2.29. The van der Waals surface area contributed by atoms with Gasteiger partial charge in [0.2, 0.25) is 0 Å². The van der Waals surface area contributed by atoms with Crippen LogP contribution in [-0.4, -0.2) is 63.8 Å². The molecule has 6 unspecified atom stereocenters. The van der Waals surface area contributed by atoms with Crippen molar-refractivity contribution in [3.63, 3.8) is 0 Å². The van der Waals surface area contributed by atoms with Gasteiger partial charge in [-0.2, -0.15) is 0 Å². The zero-order valence-electron chi connectivity index (χ0n) is 35.9. The van der Waals surface area contributed by atoms with Gasteiger partial charge in [0.05, 0.1) is 19.8 Å². The maximum Gasteiger partial charge on any atom is 0.161 e. The number of aliphatic hydroxyl groups is 4. The van der Waals surface area contributed by atoms with Gasteiger partial charge in [0.25, 0.3) is 0 Å². The van der Waals surface area contributed by atoms with E-state index >= 15 is 0 Å². The van der Waals surface area contributed by atoms with Crippen LogP contribution in [0.4, 0.5) is 5.69 Å². The zero-order chi connectivity index (χ0) is 43.8. The largest absolute Gasteiger partial charge is 0.508 e. The fourth-order valence-electron chi connectivity index (χ4n) is 9.09. The van der Waals surface area contributed by atoms with Crippen LogP contribution in [0, 0.1) is 29.8 Å². The van der Waals surface area contributed by atoms with Gasteiger partial charge in [-0.05, 0) is 144 Å². The van der Waals surface area contributed by atoms with Gasteiger partial charge in [-0.3, -0.25) is 4.79 Å². The van der Waals surface area contributed by atoms with Crippen LogP contribution in [-0.2, 0) is 42.0 Å². The number of aromatic hydroxyl groups is 1. The molecule has 326 valence electrons. The predicted molar refractivity (Wildman–Crippen MR) is 242 cm³/mol. The summed E-state index contributed by atoms with van der Waals surface area (Å²) in [6.45, 7) is 4.23. The van der Waals surface area contributed by atoms with E-state index < -0.39 is 12.2 Å². The third-order valence-electron chi connectivity index (χ3n) is 12.5. The number of carbonyl (C=O) groups excluding carboxylic acids is 1. The van der Waals surface area contributed by atoms with Gasteiger partial charge in [-0.15, -0.1) is 0 Å². The minimum absolute atomic E-state index is 0.00605. The standard InChI is InChI=1S/C52H59NO9/c1-32-9-17-45-48-31-62-51-22-35(13-18-50(51)60-3)12-15-42(58)26-43(61-19-5-8-44-47(25-39(48)30-55)52(45)46(32)27-49(44)59)24-38-23-41(57)16-14-37(38)20-36(29-54)11-10-34-6-4-7-40(21-34)53-28-33(2)56/h4,6-7,9,13-14,16-18,21-23,25,27,32-33,36-38,43,53-57,59H,8,10-12,15,20,24,26,28-31H2,1-3H3. The molecule has 10 heteroatoms. The average Bonchev–Trinajstić information content (AvgIpc) is 3.26. The number of anilines is 1. The highest BCUT2D eigenvalue weighted by Crippen LogP contribution is 2.43. The van der Waals surface area contributed by atoms with Gasteiger partial charge in [0, 0.05) is 55.1 Å². The molecule has 4 aromatic rings. The van der Waals surface area contributed by atoms with Crippen molar-refractivity contribution in [2.75, 3.05) is 25.6 Å². The first-order valence-electron chi connectivity index (χ1n) is 21.8. The molecule has 0 aromatic heterocycles. The molecule has 2 aliphatic carbocycles. The summed E-state index contributed by atoms with van der Waals surface area (Å²) in [5.41, 5.74) is 7.02. The number of hydrogen-bond acceptors (Lipinski definition) is 10. The Morgan fingerprint density at radius 2 is 1.85 bits per heavy atom. The number of methoxy groups -OCH3 is 1. The molecule has 6 bridgehead atoms. The Hall–Kier alpha value is -5.73. The van der Waals surface area contributed by atoms with E-state index in [4.69, 9.17) is 14.2 Å². The van der Waals surface area contributed by atoms with E-state index in [-0.39, 0.29) is 80.0 Å². The number of nitrogens with one attached hydrogen (secondary N) is 1. The van der Waals surface area contributed by atoms with Gasteiger partial charge in [0.1, 0.15) is 36.1 Å². The number of phenols is 1. The number of aryl methyl sites for hydroxylation is 2. The Kier molecular flexibility index (Phi) is 14.6. The first-order valence-corrected chi connectivity index (χ1v) is 21.8. The van der Waals surface area contributed by atoms with Crippen LogP contribution in [0.25, 0.3) is 16.8 Å². The van der Waals surface area contributed by atoms with Crippen LogP contribution in [0.5, 0.6) is 17.2 Å². The number of fused-ring (bicyclic) bond motifs is 9. The van der Waals surface area contributed by atoms with Gasteiger partial charge < -0.3 is 45.1 Å². The van der Waals surface area contributed by atoms with Crippen LogP contribution in [0.2, 0.25) is 0 Å². The Morgan fingerprint density at radius 3 is 2.65 bits per heavy atom. The predicted octanol–water partition coefficient (Wildman–Crippen LogP) is 8.61. The number of ketones is 1. The van der Waals surface area contributed by atoms with Crippen LogP contribution >= 0.6 is 0 Å². The summed E-state index contributed by atoms with van der Waals surface area (Å²) in [4.78, 5) is 13.8. The number of hydrogen-bond donors (Lipinski definition) is 6. The molecule has 8 rings (SSSR count). The minimum atomic E-state index is -0.598. The third-order valence-corrected chi connectivity index (χ3v) is 12.5. The Balaban J connectivity index is 1.16. The van der Waals surface area contributed by atoms with E-state index in [0.717, 1.165) is 57.1 Å². The molecule has 0 radical (unpaired) electrons. The van der Waals surface area contributed by atoms with Crippen LogP contribution in [0.1, 0.15) is 90.8 Å². The lowest BCUT2D eigenvalue weighted by Gasteiger charge is -2.30. The normalized spacial score (nSPS) is 20.8. The van der Waals surface area contributed by atoms with E-state index in [1.807, 2.05) is 48.6 Å². The summed E-state index contributed by atoms with van der Waals surface area (Å²) < 4.78 is 18.4. The average molecular weight is 842 g/mol. The Morgan fingerprint density at radius 1 is 1.00 bits per heavy atom. The van der Waals surface area contributed by atoms with Crippen molar-refractivity contribution in [1.29, 1.82) is 0 Å². The molecule has 4 aromatic carbocycles. The molecule has 2 heterocycles. The fourth-order valence-corrected chi connectivity index (χ4v) is 9.09. The number of phenolic OH excluding ortho intramolecular Hbond substituents is 1. The van der Waals surface area contributed by atoms with Gasteiger partial charge in [-0.25, -0.2) is 0 Å². The molecule has 6 N–H and O–H groups in total. The topological polar surface area (TPSA) is 158 Å². The summed E-state index contributed by atoms with van der Waals surface area (Å²) in [5, 5.41) is 58.1. The highest BCUT2D eigenvalue weighted by molar-refractivity contribution is 6.00. The molecule has 0 spiro atoms. The van der Waals surface area contributed by atoms with Gasteiger partial charge in [-0.1, -0.05) is 49.3 Å². The quantitative estimate of drug-likeness (QED) is 0.0721. The Bertz CT molecular complexity index is 2400. The molecule has 0 amide bonds. The first kappa shape index (κ1) is 44.3. The van der Waals surface area contributed by atoms with Crippen LogP contribution < -0.4 is 14.8 Å². The molecule has 0 saturated heterocycles. The molecular formula is C52H59NO9. The van der Waals surface area contributed by atoms with Gasteiger partial charge >= 0.3 is 0 Å². The zero-order valence-corrected chi connectivity index (χ0v) is 35.9. The lowest BCUT2D eigenvalue weighted by atomic mass is 9.77. The molecule has 62 heavy (non-hydrogen) atoms. The van der Waals surface area contributed by atoms with Crippen molar-refractivity contribution in [3.8, 4) is 29.3 Å². The third kappa shape index (κ3) is 10.6. The van der Waals surface area contributed by atoms with Crippen LogP contribution in [0.15, 0.2) is 84.7 Å². The number of aliphatic hydroxyl groups excluding tert-OH is 4. The van der Waals surface area contributed by atoms with Crippen molar-refractivity contribution in [2.45, 2.75) is 96.6 Å². The number of ether oxygens (including phenoxy) is 3. The van der Waals surface area contributed by atoms with E-state index in [0.29, 0.717) is 48.4 Å².